The van der Waals surface area contributed by atoms with Crippen LogP contribution >= 0.6 is 0 Å². The van der Waals surface area contributed by atoms with Crippen molar-refractivity contribution < 1.29 is 14.1 Å². The molecule has 0 aliphatic rings. The molecule has 0 radical (unpaired) electrons. The van der Waals surface area contributed by atoms with Gasteiger partial charge < -0.3 is 4.52 Å². The minimum absolute atomic E-state index is 0.160. The smallest absolute Gasteiger partial charge is 0.167 e. The first-order valence-electron chi connectivity index (χ1n) is 7.95. The summed E-state index contributed by atoms with van der Waals surface area (Å²) in [6.07, 6.45) is 0. The van der Waals surface area contributed by atoms with Crippen LogP contribution in [0, 0.1) is 13.8 Å². The highest BCUT2D eigenvalue weighted by Crippen LogP contribution is 2.33. The van der Waals surface area contributed by atoms with Crippen LogP contribution in [0.1, 0.15) is 46.0 Å². The molecule has 0 aliphatic carbocycles. The van der Waals surface area contributed by atoms with E-state index in [1.54, 1.807) is 19.9 Å². The third-order valence-corrected chi connectivity index (χ3v) is 4.09. The Morgan fingerprint density at radius 3 is 2.00 bits per heavy atom. The normalized spacial score (nSPS) is 10.7. The van der Waals surface area contributed by atoms with E-state index in [2.05, 4.69) is 10.1 Å². The Morgan fingerprint density at radius 2 is 1.48 bits per heavy atom. The summed E-state index contributed by atoms with van der Waals surface area (Å²) in [6.45, 7) is 6.45. The van der Waals surface area contributed by atoms with Gasteiger partial charge in [-0.3, -0.25) is 14.6 Å². The van der Waals surface area contributed by atoms with E-state index < -0.39 is 0 Å². The van der Waals surface area contributed by atoms with Crippen molar-refractivity contribution in [2.45, 2.75) is 27.7 Å². The van der Waals surface area contributed by atoms with Crippen molar-refractivity contribution in [2.24, 2.45) is 0 Å². The predicted molar refractivity (Wildman–Crippen MR) is 94.7 cm³/mol. The fraction of sp³-hybridized carbons (Fsp3) is 0.200. The molecule has 126 valence electrons. The highest BCUT2D eigenvalue weighted by atomic mass is 16.5. The van der Waals surface area contributed by atoms with Gasteiger partial charge in [0.05, 0.1) is 0 Å². The van der Waals surface area contributed by atoms with E-state index in [0.717, 1.165) is 5.56 Å². The Balaban J connectivity index is 2.28. The molecule has 25 heavy (non-hydrogen) atoms. The molecule has 3 rings (SSSR count). The van der Waals surface area contributed by atoms with Crippen LogP contribution in [-0.2, 0) is 0 Å². The van der Waals surface area contributed by atoms with E-state index >= 15 is 0 Å². The SMILES string of the molecule is CC(=O)c1c(C)nc(C)c(C(C)=O)c1-c1cc(-c2ccccc2)on1. The molecule has 0 fully saturated rings. The van der Waals surface area contributed by atoms with Gasteiger partial charge in [-0.05, 0) is 27.7 Å². The number of pyridine rings is 1. The Hall–Kier alpha value is -3.08. The number of rotatable bonds is 4. The minimum Gasteiger partial charge on any atom is -0.356 e. The average Bonchev–Trinajstić information content (AvgIpc) is 3.03. The van der Waals surface area contributed by atoms with Crippen LogP contribution in [0.3, 0.4) is 0 Å². The fourth-order valence-corrected chi connectivity index (χ4v) is 3.10. The van der Waals surface area contributed by atoms with E-state index in [4.69, 9.17) is 4.52 Å². The van der Waals surface area contributed by atoms with Crippen molar-refractivity contribution in [3.05, 3.63) is 58.9 Å². The van der Waals surface area contributed by atoms with E-state index in [9.17, 15) is 9.59 Å². The van der Waals surface area contributed by atoms with Crippen LogP contribution in [-0.4, -0.2) is 21.7 Å². The van der Waals surface area contributed by atoms with Crippen molar-refractivity contribution in [1.82, 2.24) is 10.1 Å². The van der Waals surface area contributed by atoms with Gasteiger partial charge in [-0.1, -0.05) is 35.5 Å². The number of aryl methyl sites for hydroxylation is 2. The van der Waals surface area contributed by atoms with Gasteiger partial charge in [-0.2, -0.15) is 0 Å². The lowest BCUT2D eigenvalue weighted by Crippen LogP contribution is -2.11. The summed E-state index contributed by atoms with van der Waals surface area (Å²) in [5, 5.41) is 4.12. The van der Waals surface area contributed by atoms with Crippen molar-refractivity contribution in [3.8, 4) is 22.6 Å². The van der Waals surface area contributed by atoms with Crippen LogP contribution in [0.2, 0.25) is 0 Å². The van der Waals surface area contributed by atoms with Gasteiger partial charge in [0.15, 0.2) is 17.3 Å². The number of hydrogen-bond donors (Lipinski definition) is 0. The predicted octanol–water partition coefficient (Wildman–Crippen LogP) is 4.43. The largest absolute Gasteiger partial charge is 0.356 e. The summed E-state index contributed by atoms with van der Waals surface area (Å²) in [7, 11) is 0. The average molecular weight is 334 g/mol. The van der Waals surface area contributed by atoms with Crippen LogP contribution < -0.4 is 0 Å². The number of hydrogen-bond acceptors (Lipinski definition) is 5. The molecule has 2 heterocycles. The van der Waals surface area contributed by atoms with E-state index in [1.165, 1.54) is 13.8 Å². The number of nitrogens with zero attached hydrogens (tertiary/aromatic N) is 2. The number of ketones is 2. The Labute approximate surface area is 145 Å². The lowest BCUT2D eigenvalue weighted by Gasteiger charge is -2.14. The van der Waals surface area contributed by atoms with E-state index in [1.807, 2.05) is 30.3 Å². The third kappa shape index (κ3) is 3.01. The molecule has 1 aromatic carbocycles. The van der Waals surface area contributed by atoms with Crippen molar-refractivity contribution in [3.63, 3.8) is 0 Å². The lowest BCUT2D eigenvalue weighted by atomic mass is 9.92. The maximum Gasteiger partial charge on any atom is 0.167 e. The zero-order valence-corrected chi connectivity index (χ0v) is 14.6. The van der Waals surface area contributed by atoms with E-state index in [0.29, 0.717) is 39.5 Å². The molecule has 0 atom stereocenters. The third-order valence-electron chi connectivity index (χ3n) is 4.09. The Morgan fingerprint density at radius 1 is 0.920 bits per heavy atom. The standard InChI is InChI=1S/C20H18N2O3/c1-11-18(13(3)23)20(19(14(4)24)12(2)21-11)16-10-17(25-22-16)15-8-6-5-7-9-15/h5-10H,1-4H3. The number of carbonyl (C=O) groups excluding carboxylic acids is 2. The summed E-state index contributed by atoms with van der Waals surface area (Å²) in [5.41, 5.74) is 3.80. The molecule has 3 aromatic rings. The van der Waals surface area contributed by atoms with Gasteiger partial charge in [-0.15, -0.1) is 0 Å². The minimum atomic E-state index is -0.160. The summed E-state index contributed by atoms with van der Waals surface area (Å²) in [4.78, 5) is 28.8. The first-order chi connectivity index (χ1) is 11.9. The quantitative estimate of drug-likeness (QED) is 0.660. The molecule has 5 nitrogen and oxygen atoms in total. The zero-order chi connectivity index (χ0) is 18.1. The maximum absolute atomic E-state index is 12.2. The van der Waals surface area contributed by atoms with Gasteiger partial charge in [0, 0.05) is 39.7 Å². The van der Waals surface area contributed by atoms with Crippen LogP contribution in [0.4, 0.5) is 0 Å². The monoisotopic (exact) mass is 334 g/mol. The molecule has 0 amide bonds. The molecule has 2 aromatic heterocycles. The summed E-state index contributed by atoms with van der Waals surface area (Å²) in [6, 6.07) is 11.3. The molecule has 0 aliphatic heterocycles. The molecular weight excluding hydrogens is 316 g/mol. The summed E-state index contributed by atoms with van der Waals surface area (Å²) < 4.78 is 5.46. The zero-order valence-electron chi connectivity index (χ0n) is 14.6. The van der Waals surface area contributed by atoms with Crippen molar-refractivity contribution in [2.75, 3.05) is 0 Å². The van der Waals surface area contributed by atoms with Gasteiger partial charge in [-0.25, -0.2) is 0 Å². The fourth-order valence-electron chi connectivity index (χ4n) is 3.10. The highest BCUT2D eigenvalue weighted by Gasteiger charge is 2.25. The van der Waals surface area contributed by atoms with Gasteiger partial charge in [0.1, 0.15) is 5.69 Å². The highest BCUT2D eigenvalue weighted by molar-refractivity contribution is 6.09. The molecule has 0 unspecified atom stereocenters. The second-order valence-corrected chi connectivity index (χ2v) is 5.96. The Kier molecular flexibility index (Phi) is 4.31. The van der Waals surface area contributed by atoms with Crippen LogP contribution in [0.25, 0.3) is 22.6 Å². The number of benzene rings is 1. The number of aromatic nitrogens is 2. The number of Topliss-reactive ketones (excluding diaryl/α,β-unsaturated/α-hetero) is 2. The van der Waals surface area contributed by atoms with E-state index in [-0.39, 0.29) is 11.6 Å². The molecule has 0 N–H and O–H groups in total. The molecule has 0 spiro atoms. The van der Waals surface area contributed by atoms with Gasteiger partial charge in [0.25, 0.3) is 0 Å². The van der Waals surface area contributed by atoms with Crippen LogP contribution in [0.15, 0.2) is 40.9 Å². The Bertz CT molecular complexity index is 934. The topological polar surface area (TPSA) is 73.1 Å². The second-order valence-electron chi connectivity index (χ2n) is 5.96. The second kappa shape index (κ2) is 6.43. The molecular formula is C20H18N2O3. The molecule has 0 bridgehead atoms. The maximum atomic E-state index is 12.2. The summed E-state index contributed by atoms with van der Waals surface area (Å²) >= 11 is 0. The molecule has 5 heteroatoms. The van der Waals surface area contributed by atoms with Gasteiger partial charge >= 0.3 is 0 Å². The lowest BCUT2D eigenvalue weighted by molar-refractivity contribution is 0.101. The van der Waals surface area contributed by atoms with Crippen LogP contribution in [0.5, 0.6) is 0 Å². The molecule has 0 saturated carbocycles. The first kappa shape index (κ1) is 16.8. The number of carbonyl (C=O) groups is 2. The van der Waals surface area contributed by atoms with Crippen molar-refractivity contribution >= 4 is 11.6 Å². The van der Waals surface area contributed by atoms with Gasteiger partial charge in [0.2, 0.25) is 0 Å². The van der Waals surface area contributed by atoms with Crippen molar-refractivity contribution in [1.29, 1.82) is 0 Å². The summed E-state index contributed by atoms with van der Waals surface area (Å²) in [5.74, 6) is 0.255. The molecule has 0 saturated heterocycles. The first-order valence-corrected chi connectivity index (χ1v) is 7.95.